The first-order valence-electron chi connectivity index (χ1n) is 6.86. The number of anilines is 1. The highest BCUT2D eigenvalue weighted by molar-refractivity contribution is 8.01. The number of carbonyl (C=O) groups excluding carboxylic acids is 2. The van der Waals surface area contributed by atoms with Crippen LogP contribution >= 0.6 is 23.1 Å². The van der Waals surface area contributed by atoms with Crippen LogP contribution in [0.1, 0.15) is 19.8 Å². The summed E-state index contributed by atoms with van der Waals surface area (Å²) in [6.45, 7) is 3.65. The fourth-order valence-electron chi connectivity index (χ4n) is 2.24. The largest absolute Gasteiger partial charge is 0.369 e. The number of piperidine rings is 1. The number of aromatic nitrogens is 2. The molecule has 2 amide bonds. The van der Waals surface area contributed by atoms with Crippen LogP contribution in [0.25, 0.3) is 0 Å². The van der Waals surface area contributed by atoms with E-state index < -0.39 is 0 Å². The maximum atomic E-state index is 12.0. The highest BCUT2D eigenvalue weighted by atomic mass is 32.2. The minimum absolute atomic E-state index is 0.135. The molecule has 1 aliphatic rings. The second kappa shape index (κ2) is 7.71. The van der Waals surface area contributed by atoms with Crippen molar-refractivity contribution in [2.45, 2.75) is 24.1 Å². The van der Waals surface area contributed by atoms with Gasteiger partial charge in [-0.25, -0.2) is 0 Å². The average molecular weight is 329 g/mol. The number of nitrogens with zero attached hydrogens (tertiary/aromatic N) is 3. The molecule has 0 radical (unpaired) electrons. The molecular weight excluding hydrogens is 310 g/mol. The lowest BCUT2D eigenvalue weighted by Gasteiger charge is -2.30. The van der Waals surface area contributed by atoms with E-state index in [0.717, 1.165) is 29.5 Å². The minimum atomic E-state index is -0.287. The average Bonchev–Trinajstić information content (AvgIpc) is 2.86. The number of amides is 2. The molecule has 1 fully saturated rings. The van der Waals surface area contributed by atoms with Crippen molar-refractivity contribution in [2.24, 2.45) is 11.7 Å². The summed E-state index contributed by atoms with van der Waals surface area (Å²) in [4.78, 5) is 25.2. The first kappa shape index (κ1) is 16.2. The summed E-state index contributed by atoms with van der Waals surface area (Å²) in [6, 6.07) is 0. The molecule has 9 heteroatoms. The van der Waals surface area contributed by atoms with Crippen LogP contribution in [0, 0.1) is 5.92 Å². The van der Waals surface area contributed by atoms with Crippen LogP contribution < -0.4 is 11.1 Å². The van der Waals surface area contributed by atoms with Crippen molar-refractivity contribution in [1.82, 2.24) is 15.1 Å². The number of thioether (sulfide) groups is 1. The molecule has 1 aromatic rings. The zero-order valence-electron chi connectivity index (χ0n) is 11.9. The predicted molar refractivity (Wildman–Crippen MR) is 83.3 cm³/mol. The van der Waals surface area contributed by atoms with E-state index in [0.29, 0.717) is 11.7 Å². The summed E-state index contributed by atoms with van der Waals surface area (Å²) in [6.07, 6.45) is 1.69. The molecule has 1 aromatic heterocycles. The number of hydrogen-bond acceptors (Lipinski definition) is 7. The Bertz CT molecular complexity index is 508. The molecule has 1 saturated heterocycles. The molecule has 0 unspecified atom stereocenters. The van der Waals surface area contributed by atoms with Crippen molar-refractivity contribution in [3.63, 3.8) is 0 Å². The normalized spacial score (nSPS) is 19.4. The van der Waals surface area contributed by atoms with Gasteiger partial charge in [0.25, 0.3) is 0 Å². The molecule has 1 aliphatic heterocycles. The standard InChI is InChI=1S/C12H19N5O2S2/c1-2-20-12-16-15-11(21-12)14-9(18)7-17-5-3-4-8(6-17)10(13)19/h8H,2-7H2,1H3,(H2,13,19)(H,14,15,18)/t8-/m1/s1. The Morgan fingerprint density at radius 1 is 1.52 bits per heavy atom. The number of hydrogen-bond donors (Lipinski definition) is 2. The number of nitrogens with one attached hydrogen (secondary N) is 1. The van der Waals surface area contributed by atoms with Gasteiger partial charge in [0.1, 0.15) is 0 Å². The smallest absolute Gasteiger partial charge is 0.240 e. The molecule has 2 heterocycles. The van der Waals surface area contributed by atoms with Gasteiger partial charge in [-0.05, 0) is 25.1 Å². The zero-order valence-corrected chi connectivity index (χ0v) is 13.5. The summed E-state index contributed by atoms with van der Waals surface area (Å²) in [5.74, 6) is 0.348. The SMILES string of the molecule is CCSc1nnc(NC(=O)CN2CCC[C@@H](C(N)=O)C2)s1. The molecule has 0 bridgehead atoms. The third kappa shape index (κ3) is 4.94. The van der Waals surface area contributed by atoms with Crippen LogP contribution in [0.3, 0.4) is 0 Å². The Morgan fingerprint density at radius 3 is 3.05 bits per heavy atom. The van der Waals surface area contributed by atoms with Crippen molar-refractivity contribution < 1.29 is 9.59 Å². The van der Waals surface area contributed by atoms with Gasteiger partial charge in [0.15, 0.2) is 4.34 Å². The van der Waals surface area contributed by atoms with Gasteiger partial charge < -0.3 is 5.73 Å². The van der Waals surface area contributed by atoms with E-state index in [4.69, 9.17) is 5.73 Å². The van der Waals surface area contributed by atoms with Gasteiger partial charge >= 0.3 is 0 Å². The quantitative estimate of drug-likeness (QED) is 0.591. The van der Waals surface area contributed by atoms with Crippen molar-refractivity contribution in [3.05, 3.63) is 0 Å². The van der Waals surface area contributed by atoms with Gasteiger partial charge in [0.2, 0.25) is 16.9 Å². The number of primary amides is 1. The first-order valence-corrected chi connectivity index (χ1v) is 8.66. The Balaban J connectivity index is 1.82. The molecule has 0 saturated carbocycles. The Morgan fingerprint density at radius 2 is 2.33 bits per heavy atom. The lowest BCUT2D eigenvalue weighted by molar-refractivity contribution is -0.125. The molecule has 0 spiro atoms. The maximum absolute atomic E-state index is 12.0. The second-order valence-corrected chi connectivity index (χ2v) is 7.32. The van der Waals surface area contributed by atoms with Gasteiger partial charge in [-0.2, -0.15) is 0 Å². The van der Waals surface area contributed by atoms with E-state index >= 15 is 0 Å². The molecule has 116 valence electrons. The highest BCUT2D eigenvalue weighted by Gasteiger charge is 2.25. The highest BCUT2D eigenvalue weighted by Crippen LogP contribution is 2.25. The van der Waals surface area contributed by atoms with Crippen LogP contribution in [0.5, 0.6) is 0 Å². The molecule has 7 nitrogen and oxygen atoms in total. The fourth-order valence-corrected chi connectivity index (χ4v) is 3.90. The van der Waals surface area contributed by atoms with Crippen LogP contribution in [-0.2, 0) is 9.59 Å². The third-order valence-corrected chi connectivity index (χ3v) is 5.05. The van der Waals surface area contributed by atoms with E-state index in [9.17, 15) is 9.59 Å². The van der Waals surface area contributed by atoms with Gasteiger partial charge in [0.05, 0.1) is 12.5 Å². The van der Waals surface area contributed by atoms with E-state index in [1.807, 2.05) is 11.8 Å². The Kier molecular flexibility index (Phi) is 5.95. The topological polar surface area (TPSA) is 101 Å². The predicted octanol–water partition coefficient (Wildman–Crippen LogP) is 0.786. The summed E-state index contributed by atoms with van der Waals surface area (Å²) >= 11 is 2.96. The van der Waals surface area contributed by atoms with E-state index in [-0.39, 0.29) is 24.3 Å². The van der Waals surface area contributed by atoms with Crippen molar-refractivity contribution in [1.29, 1.82) is 0 Å². The molecule has 1 atom stereocenters. The van der Waals surface area contributed by atoms with Crippen molar-refractivity contribution in [2.75, 3.05) is 30.7 Å². The summed E-state index contributed by atoms with van der Waals surface area (Å²) in [5, 5.41) is 11.2. The molecule has 2 rings (SSSR count). The lowest BCUT2D eigenvalue weighted by atomic mass is 9.97. The van der Waals surface area contributed by atoms with Crippen molar-refractivity contribution >= 4 is 40.0 Å². The lowest BCUT2D eigenvalue weighted by Crippen LogP contribution is -2.44. The van der Waals surface area contributed by atoms with E-state index in [1.54, 1.807) is 11.8 Å². The number of nitrogens with two attached hydrogens (primary N) is 1. The van der Waals surface area contributed by atoms with Crippen molar-refractivity contribution in [3.8, 4) is 0 Å². The molecule has 0 aliphatic carbocycles. The summed E-state index contributed by atoms with van der Waals surface area (Å²) in [5.41, 5.74) is 5.33. The summed E-state index contributed by atoms with van der Waals surface area (Å²) < 4.78 is 0.847. The number of carbonyl (C=O) groups is 2. The van der Waals surface area contributed by atoms with Gasteiger partial charge in [-0.3, -0.25) is 19.8 Å². The minimum Gasteiger partial charge on any atom is -0.369 e. The molecule has 21 heavy (non-hydrogen) atoms. The first-order chi connectivity index (χ1) is 10.1. The van der Waals surface area contributed by atoms with Crippen LogP contribution in [-0.4, -0.2) is 52.3 Å². The monoisotopic (exact) mass is 329 g/mol. The number of rotatable bonds is 6. The zero-order chi connectivity index (χ0) is 15.2. The Labute approximate surface area is 131 Å². The molecular formula is C12H19N5O2S2. The molecule has 0 aromatic carbocycles. The fraction of sp³-hybridized carbons (Fsp3) is 0.667. The van der Waals surface area contributed by atoms with Crippen LogP contribution in [0.15, 0.2) is 4.34 Å². The van der Waals surface area contributed by atoms with Gasteiger partial charge in [-0.1, -0.05) is 30.0 Å². The van der Waals surface area contributed by atoms with E-state index in [1.165, 1.54) is 11.3 Å². The van der Waals surface area contributed by atoms with Crippen LogP contribution in [0.4, 0.5) is 5.13 Å². The molecule has 3 N–H and O–H groups in total. The van der Waals surface area contributed by atoms with Crippen LogP contribution in [0.2, 0.25) is 0 Å². The summed E-state index contributed by atoms with van der Waals surface area (Å²) in [7, 11) is 0. The van der Waals surface area contributed by atoms with Gasteiger partial charge in [0, 0.05) is 6.54 Å². The van der Waals surface area contributed by atoms with E-state index in [2.05, 4.69) is 15.5 Å². The second-order valence-electron chi connectivity index (χ2n) is 4.83. The third-order valence-electron chi connectivity index (χ3n) is 3.20. The number of likely N-dealkylation sites (tertiary alicyclic amines) is 1. The Hall–Kier alpha value is -1.19. The maximum Gasteiger partial charge on any atom is 0.240 e. The van der Waals surface area contributed by atoms with Gasteiger partial charge in [-0.15, -0.1) is 10.2 Å².